The van der Waals surface area contributed by atoms with Crippen LogP contribution >= 0.6 is 0 Å². The molecule has 8 heteroatoms. The molecule has 31 heavy (non-hydrogen) atoms. The monoisotopic (exact) mass is 425 g/mol. The number of ether oxygens (including phenoxy) is 2. The number of carbonyl (C=O) groups is 1. The molecule has 0 unspecified atom stereocenters. The molecule has 1 saturated heterocycles. The molecule has 1 amide bonds. The molecule has 1 aliphatic rings. The van der Waals surface area contributed by atoms with Gasteiger partial charge in [0.2, 0.25) is 0 Å². The number of halogens is 2. The summed E-state index contributed by atoms with van der Waals surface area (Å²) in [6.45, 7) is 0.468. The molecule has 2 aromatic carbocycles. The van der Waals surface area contributed by atoms with Crippen molar-refractivity contribution in [3.63, 3.8) is 0 Å². The molecule has 160 valence electrons. The lowest BCUT2D eigenvalue weighted by atomic mass is 10.0. The highest BCUT2D eigenvalue weighted by atomic mass is 19.2. The van der Waals surface area contributed by atoms with Crippen LogP contribution in [0.2, 0.25) is 0 Å². The van der Waals surface area contributed by atoms with E-state index in [0.29, 0.717) is 36.3 Å². The third kappa shape index (κ3) is 3.93. The van der Waals surface area contributed by atoms with E-state index in [2.05, 4.69) is 9.97 Å². The van der Waals surface area contributed by atoms with Crippen molar-refractivity contribution in [2.75, 3.05) is 20.8 Å². The summed E-state index contributed by atoms with van der Waals surface area (Å²) in [7, 11) is 3.00. The summed E-state index contributed by atoms with van der Waals surface area (Å²) in [4.78, 5) is 23.0. The van der Waals surface area contributed by atoms with Gasteiger partial charge in [0.1, 0.15) is 5.75 Å². The van der Waals surface area contributed by atoms with Crippen LogP contribution < -0.4 is 9.47 Å². The number of aromatic nitrogens is 2. The van der Waals surface area contributed by atoms with Crippen molar-refractivity contribution in [2.24, 2.45) is 0 Å². The van der Waals surface area contributed by atoms with Crippen LogP contribution in [-0.2, 0) is 0 Å². The number of hydrogen-bond acceptors (Lipinski definition) is 5. The maximum absolute atomic E-state index is 14.4. The molecule has 1 aliphatic heterocycles. The molecule has 4 rings (SSSR count). The summed E-state index contributed by atoms with van der Waals surface area (Å²) < 4.78 is 38.5. The van der Waals surface area contributed by atoms with Crippen molar-refractivity contribution < 1.29 is 23.0 Å². The Kier molecular flexibility index (Phi) is 5.79. The number of benzene rings is 2. The van der Waals surface area contributed by atoms with E-state index in [9.17, 15) is 13.6 Å². The van der Waals surface area contributed by atoms with Gasteiger partial charge in [-0.05, 0) is 37.1 Å². The Balaban J connectivity index is 1.64. The Morgan fingerprint density at radius 3 is 2.58 bits per heavy atom. The minimum absolute atomic E-state index is 0.199. The molecule has 0 bridgehead atoms. The second kappa shape index (κ2) is 8.67. The van der Waals surface area contributed by atoms with Gasteiger partial charge in [-0.3, -0.25) is 4.79 Å². The van der Waals surface area contributed by atoms with E-state index in [0.717, 1.165) is 11.6 Å². The smallest absolute Gasteiger partial charge is 0.316 e. The highest BCUT2D eigenvalue weighted by Crippen LogP contribution is 2.36. The molecular formula is C23H21F2N3O3. The predicted octanol–water partition coefficient (Wildman–Crippen LogP) is 4.42. The number of likely N-dealkylation sites (tertiary alicyclic amines) is 1. The first-order chi connectivity index (χ1) is 15.0. The summed E-state index contributed by atoms with van der Waals surface area (Å²) in [6, 6.07) is 8.88. The van der Waals surface area contributed by atoms with Gasteiger partial charge in [0.15, 0.2) is 11.6 Å². The first-order valence-electron chi connectivity index (χ1n) is 9.82. The van der Waals surface area contributed by atoms with Crippen molar-refractivity contribution in [3.05, 3.63) is 71.6 Å². The van der Waals surface area contributed by atoms with Gasteiger partial charge < -0.3 is 14.4 Å². The largest absolute Gasteiger partial charge is 0.496 e. The number of amides is 1. The fourth-order valence-corrected chi connectivity index (χ4v) is 3.90. The number of carbonyl (C=O) groups excluding carboxylic acids is 1. The van der Waals surface area contributed by atoms with E-state index < -0.39 is 17.7 Å². The zero-order valence-corrected chi connectivity index (χ0v) is 17.1. The number of methoxy groups -OCH3 is 2. The Labute approximate surface area is 178 Å². The SMILES string of the molecule is COc1ncc(-c2ccc(C(=O)N3CCC[C@@H]3c3cccc(F)c3F)cc2OC)cn1. The van der Waals surface area contributed by atoms with Gasteiger partial charge in [-0.2, -0.15) is 0 Å². The minimum atomic E-state index is -0.912. The van der Waals surface area contributed by atoms with Crippen molar-refractivity contribution in [3.8, 4) is 22.9 Å². The quantitative estimate of drug-likeness (QED) is 0.606. The Morgan fingerprint density at radius 1 is 1.10 bits per heavy atom. The molecule has 2 heterocycles. The summed E-state index contributed by atoms with van der Waals surface area (Å²) in [5, 5.41) is 0. The lowest BCUT2D eigenvalue weighted by Gasteiger charge is -2.26. The van der Waals surface area contributed by atoms with Crippen LogP contribution in [0.25, 0.3) is 11.1 Å². The molecule has 0 spiro atoms. The van der Waals surface area contributed by atoms with Gasteiger partial charge in [-0.1, -0.05) is 12.1 Å². The molecule has 6 nitrogen and oxygen atoms in total. The topological polar surface area (TPSA) is 64.5 Å². The van der Waals surface area contributed by atoms with E-state index in [1.807, 2.05) is 0 Å². The van der Waals surface area contributed by atoms with Crippen LogP contribution in [0.1, 0.15) is 34.8 Å². The molecule has 0 radical (unpaired) electrons. The van der Waals surface area contributed by atoms with Crippen LogP contribution in [0.4, 0.5) is 8.78 Å². The standard InChI is InChI=1S/C23H21F2N3O3/c1-30-20-11-14(8-9-16(20)15-12-26-23(31-2)27-13-15)22(29)28-10-4-7-19(28)17-5-3-6-18(24)21(17)25/h3,5-6,8-9,11-13,19H,4,7,10H2,1-2H3/t19-/m1/s1. The lowest BCUT2D eigenvalue weighted by molar-refractivity contribution is 0.0732. The van der Waals surface area contributed by atoms with E-state index in [1.165, 1.54) is 26.4 Å². The second-order valence-electron chi connectivity index (χ2n) is 7.17. The Morgan fingerprint density at radius 2 is 1.87 bits per heavy atom. The molecule has 0 saturated carbocycles. The average molecular weight is 425 g/mol. The average Bonchev–Trinajstić information content (AvgIpc) is 3.29. The number of hydrogen-bond donors (Lipinski definition) is 0. The first kappa shape index (κ1) is 20.7. The summed E-state index contributed by atoms with van der Waals surface area (Å²) >= 11 is 0. The van der Waals surface area contributed by atoms with Crippen LogP contribution in [-0.4, -0.2) is 41.5 Å². The molecular weight excluding hydrogens is 404 g/mol. The van der Waals surface area contributed by atoms with Crippen molar-refractivity contribution >= 4 is 5.91 Å². The van der Waals surface area contributed by atoms with Gasteiger partial charge in [-0.25, -0.2) is 18.7 Å². The van der Waals surface area contributed by atoms with E-state index >= 15 is 0 Å². The van der Waals surface area contributed by atoms with E-state index in [4.69, 9.17) is 9.47 Å². The van der Waals surface area contributed by atoms with Crippen molar-refractivity contribution in [1.29, 1.82) is 0 Å². The minimum Gasteiger partial charge on any atom is -0.496 e. The van der Waals surface area contributed by atoms with Crippen LogP contribution in [0.3, 0.4) is 0 Å². The molecule has 1 aromatic heterocycles. The zero-order valence-electron chi connectivity index (χ0n) is 17.1. The molecule has 1 atom stereocenters. The van der Waals surface area contributed by atoms with Crippen LogP contribution in [0.5, 0.6) is 11.8 Å². The van der Waals surface area contributed by atoms with Gasteiger partial charge in [0.05, 0.1) is 20.3 Å². The zero-order chi connectivity index (χ0) is 22.0. The van der Waals surface area contributed by atoms with Crippen molar-refractivity contribution in [2.45, 2.75) is 18.9 Å². The highest BCUT2D eigenvalue weighted by molar-refractivity contribution is 5.96. The predicted molar refractivity (Wildman–Crippen MR) is 110 cm³/mol. The molecule has 1 fully saturated rings. The normalized spacial score (nSPS) is 15.7. The lowest BCUT2D eigenvalue weighted by Crippen LogP contribution is -2.31. The fraction of sp³-hybridized carbons (Fsp3) is 0.261. The highest BCUT2D eigenvalue weighted by Gasteiger charge is 2.33. The molecule has 3 aromatic rings. The summed E-state index contributed by atoms with van der Waals surface area (Å²) in [5.41, 5.74) is 2.02. The summed E-state index contributed by atoms with van der Waals surface area (Å²) in [5.74, 6) is -1.60. The van der Waals surface area contributed by atoms with Gasteiger partial charge >= 0.3 is 6.01 Å². The maximum atomic E-state index is 14.4. The van der Waals surface area contributed by atoms with E-state index in [1.54, 1.807) is 35.5 Å². The van der Waals surface area contributed by atoms with E-state index in [-0.39, 0.29) is 17.5 Å². The third-order valence-corrected chi connectivity index (χ3v) is 5.42. The van der Waals surface area contributed by atoms with Gasteiger partial charge in [0, 0.05) is 41.2 Å². The van der Waals surface area contributed by atoms with Gasteiger partial charge in [0.25, 0.3) is 5.91 Å². The van der Waals surface area contributed by atoms with Crippen molar-refractivity contribution in [1.82, 2.24) is 14.9 Å². The first-order valence-corrected chi connectivity index (χ1v) is 9.82. The fourth-order valence-electron chi connectivity index (χ4n) is 3.90. The van der Waals surface area contributed by atoms with Crippen LogP contribution in [0, 0.1) is 11.6 Å². The maximum Gasteiger partial charge on any atom is 0.316 e. The molecule has 0 N–H and O–H groups in total. The van der Waals surface area contributed by atoms with Gasteiger partial charge in [-0.15, -0.1) is 0 Å². The summed E-state index contributed by atoms with van der Waals surface area (Å²) in [6.07, 6.45) is 4.50. The second-order valence-corrected chi connectivity index (χ2v) is 7.17. The number of nitrogens with zero attached hydrogens (tertiary/aromatic N) is 3. The molecule has 0 aliphatic carbocycles. The Hall–Kier alpha value is -3.55. The third-order valence-electron chi connectivity index (χ3n) is 5.42. The van der Waals surface area contributed by atoms with Crippen LogP contribution in [0.15, 0.2) is 48.8 Å². The number of rotatable bonds is 5. The Bertz CT molecular complexity index is 1110.